The molecule has 2 unspecified atom stereocenters. The molecule has 0 saturated heterocycles. The average molecular weight is 592 g/mol. The first kappa shape index (κ1) is 33.1. The lowest BCUT2D eigenvalue weighted by atomic mass is 9.89. The van der Waals surface area contributed by atoms with E-state index in [4.69, 9.17) is 8.85 Å². The number of rotatable bonds is 13. The molecule has 222 valence electrons. The van der Waals surface area contributed by atoms with E-state index in [1.807, 2.05) is 12.1 Å². The molecule has 0 spiro atoms. The third kappa shape index (κ3) is 7.90. The zero-order chi connectivity index (χ0) is 30.3. The van der Waals surface area contributed by atoms with Gasteiger partial charge in [-0.05, 0) is 58.5 Å². The van der Waals surface area contributed by atoms with Crippen molar-refractivity contribution in [3.63, 3.8) is 0 Å². The topological polar surface area (TPSA) is 68.7 Å². The summed E-state index contributed by atoms with van der Waals surface area (Å²) < 4.78 is 13.4. The van der Waals surface area contributed by atoms with Crippen LogP contribution in [0.3, 0.4) is 0 Å². The van der Waals surface area contributed by atoms with Crippen LogP contribution in [-0.4, -0.2) is 51.8 Å². The van der Waals surface area contributed by atoms with Crippen LogP contribution in [0.25, 0.3) is 0 Å². The third-order valence-electron chi connectivity index (χ3n) is 8.56. The SMILES string of the molecule is CC(C)(C)[Si](C)(C)OCC(O)C(CCCO[Si](c1ccccc1)(c1ccccc1)C(C)(C)C)C(=O)c1cccnc1. The first-order valence-corrected chi connectivity index (χ1v) is 19.5. The van der Waals surface area contributed by atoms with Gasteiger partial charge in [0.1, 0.15) is 0 Å². The zero-order valence-corrected chi connectivity index (χ0v) is 28.2. The molecule has 3 aromatic rings. The lowest BCUT2D eigenvalue weighted by Crippen LogP contribution is -2.66. The van der Waals surface area contributed by atoms with Gasteiger partial charge >= 0.3 is 0 Å². The Morgan fingerprint density at radius 3 is 1.85 bits per heavy atom. The molecule has 7 heteroatoms. The van der Waals surface area contributed by atoms with Gasteiger partial charge in [-0.2, -0.15) is 0 Å². The smallest absolute Gasteiger partial charge is 0.261 e. The first-order chi connectivity index (χ1) is 19.2. The van der Waals surface area contributed by atoms with Crippen LogP contribution in [0, 0.1) is 5.92 Å². The van der Waals surface area contributed by atoms with Crippen molar-refractivity contribution in [3.05, 3.63) is 90.8 Å². The Kier molecular flexibility index (Phi) is 11.1. The monoisotopic (exact) mass is 591 g/mol. The predicted molar refractivity (Wildman–Crippen MR) is 174 cm³/mol. The number of ketones is 1. The van der Waals surface area contributed by atoms with E-state index in [1.54, 1.807) is 24.5 Å². The second-order valence-corrected chi connectivity index (χ2v) is 22.6. The molecule has 1 N–H and O–H groups in total. The number of carbonyl (C=O) groups excluding carboxylic acids is 1. The molecule has 41 heavy (non-hydrogen) atoms. The summed E-state index contributed by atoms with van der Waals surface area (Å²) in [6, 6.07) is 24.7. The summed E-state index contributed by atoms with van der Waals surface area (Å²) in [6.45, 7) is 18.2. The number of aliphatic hydroxyl groups excluding tert-OH is 1. The van der Waals surface area contributed by atoms with Gasteiger partial charge in [0.2, 0.25) is 0 Å². The van der Waals surface area contributed by atoms with E-state index in [2.05, 4.69) is 108 Å². The van der Waals surface area contributed by atoms with E-state index in [1.165, 1.54) is 10.4 Å². The summed E-state index contributed by atoms with van der Waals surface area (Å²) in [5.41, 5.74) is 0.511. The molecule has 2 atom stereocenters. The van der Waals surface area contributed by atoms with Crippen molar-refractivity contribution in [3.8, 4) is 0 Å². The van der Waals surface area contributed by atoms with Gasteiger partial charge in [0.15, 0.2) is 14.1 Å². The minimum absolute atomic E-state index is 0.0131. The fourth-order valence-corrected chi connectivity index (χ4v) is 10.8. The fraction of sp³-hybridized carbons (Fsp3) is 0.471. The van der Waals surface area contributed by atoms with Crippen LogP contribution in [-0.2, 0) is 8.85 Å². The molecule has 0 saturated carbocycles. The second-order valence-electron chi connectivity index (χ2n) is 13.5. The lowest BCUT2D eigenvalue weighted by molar-refractivity contribution is 0.0397. The Morgan fingerprint density at radius 1 is 0.829 bits per heavy atom. The van der Waals surface area contributed by atoms with Crippen molar-refractivity contribution in [2.75, 3.05) is 13.2 Å². The number of hydrogen-bond donors (Lipinski definition) is 1. The molecule has 0 radical (unpaired) electrons. The largest absolute Gasteiger partial charge is 0.414 e. The summed E-state index contributed by atoms with van der Waals surface area (Å²) in [5.74, 6) is -0.707. The van der Waals surface area contributed by atoms with Gasteiger partial charge in [-0.25, -0.2) is 0 Å². The van der Waals surface area contributed by atoms with E-state index >= 15 is 0 Å². The van der Waals surface area contributed by atoms with Gasteiger partial charge < -0.3 is 14.0 Å². The van der Waals surface area contributed by atoms with Crippen molar-refractivity contribution >= 4 is 32.8 Å². The van der Waals surface area contributed by atoms with E-state index < -0.39 is 28.7 Å². The number of benzene rings is 2. The van der Waals surface area contributed by atoms with Crippen LogP contribution in [0.5, 0.6) is 0 Å². The number of nitrogens with zero attached hydrogens (tertiary/aromatic N) is 1. The zero-order valence-electron chi connectivity index (χ0n) is 26.2. The Bertz CT molecular complexity index is 1180. The number of Topliss-reactive ketones (excluding diaryl/α,β-unsaturated/α-hetero) is 1. The van der Waals surface area contributed by atoms with E-state index in [0.717, 1.165) is 0 Å². The van der Waals surface area contributed by atoms with Gasteiger partial charge in [0, 0.05) is 24.6 Å². The minimum Gasteiger partial charge on any atom is -0.414 e. The molecule has 5 nitrogen and oxygen atoms in total. The number of carbonyl (C=O) groups is 1. The highest BCUT2D eigenvalue weighted by atomic mass is 28.4. The van der Waals surface area contributed by atoms with Crippen molar-refractivity contribution in [2.45, 2.75) is 83.7 Å². The van der Waals surface area contributed by atoms with Gasteiger partial charge in [0.05, 0.1) is 18.6 Å². The summed E-state index contributed by atoms with van der Waals surface area (Å²) in [5, 5.41) is 13.7. The number of hydrogen-bond acceptors (Lipinski definition) is 5. The van der Waals surface area contributed by atoms with Gasteiger partial charge in [0.25, 0.3) is 8.32 Å². The number of pyridine rings is 1. The summed E-state index contributed by atoms with van der Waals surface area (Å²) >= 11 is 0. The highest BCUT2D eigenvalue weighted by Gasteiger charge is 2.50. The number of aromatic nitrogens is 1. The highest BCUT2D eigenvalue weighted by molar-refractivity contribution is 6.99. The molecule has 1 aromatic heterocycles. The molecule has 0 fully saturated rings. The molecule has 0 aliphatic carbocycles. The van der Waals surface area contributed by atoms with Gasteiger partial charge in [-0.1, -0.05) is 102 Å². The number of aliphatic hydroxyl groups is 1. The standard InChI is InChI=1S/C34H49NO4Si2/c1-33(2,3)40(7,8)39-26-31(36)30(32(37)27-17-15-23-35-25-27)22-16-24-38-41(34(4,5)6,28-18-11-9-12-19-28)29-20-13-10-14-21-29/h9-15,17-21,23,25,30-31,36H,16,22,24,26H2,1-8H3. The van der Waals surface area contributed by atoms with Crippen LogP contribution in [0.1, 0.15) is 64.7 Å². The average Bonchev–Trinajstić information content (AvgIpc) is 2.93. The Morgan fingerprint density at radius 2 is 1.39 bits per heavy atom. The Balaban J connectivity index is 1.84. The molecule has 0 aliphatic rings. The van der Waals surface area contributed by atoms with Gasteiger partial charge in [-0.3, -0.25) is 9.78 Å². The molecular weight excluding hydrogens is 543 g/mol. The maximum Gasteiger partial charge on any atom is 0.261 e. The predicted octanol–water partition coefficient (Wildman–Crippen LogP) is 6.62. The first-order valence-electron chi connectivity index (χ1n) is 14.7. The molecular formula is C34H49NO4Si2. The fourth-order valence-electron chi connectivity index (χ4n) is 5.14. The van der Waals surface area contributed by atoms with Gasteiger partial charge in [-0.15, -0.1) is 0 Å². The summed E-state index contributed by atoms with van der Waals surface area (Å²) in [6.07, 6.45) is 3.45. The van der Waals surface area contributed by atoms with E-state index in [0.29, 0.717) is 25.0 Å². The maximum absolute atomic E-state index is 13.6. The molecule has 2 aromatic carbocycles. The normalized spacial score (nSPS) is 14.5. The van der Waals surface area contributed by atoms with Crippen LogP contribution in [0.4, 0.5) is 0 Å². The van der Waals surface area contributed by atoms with Crippen LogP contribution >= 0.6 is 0 Å². The molecule has 1 heterocycles. The highest BCUT2D eigenvalue weighted by Crippen LogP contribution is 2.38. The van der Waals surface area contributed by atoms with Crippen molar-refractivity contribution < 1.29 is 18.8 Å². The second kappa shape index (κ2) is 13.7. The van der Waals surface area contributed by atoms with Crippen molar-refractivity contribution in [1.29, 1.82) is 0 Å². The van der Waals surface area contributed by atoms with Crippen molar-refractivity contribution in [1.82, 2.24) is 4.98 Å². The van der Waals surface area contributed by atoms with E-state index in [-0.39, 0.29) is 22.5 Å². The maximum atomic E-state index is 13.6. The van der Waals surface area contributed by atoms with Crippen LogP contribution in [0.15, 0.2) is 85.2 Å². The summed E-state index contributed by atoms with van der Waals surface area (Å²) in [4.78, 5) is 17.8. The quantitative estimate of drug-likeness (QED) is 0.137. The lowest BCUT2D eigenvalue weighted by Gasteiger charge is -2.43. The van der Waals surface area contributed by atoms with Crippen LogP contribution < -0.4 is 10.4 Å². The minimum atomic E-state index is -2.68. The van der Waals surface area contributed by atoms with Crippen molar-refractivity contribution in [2.24, 2.45) is 5.92 Å². The Hall–Kier alpha value is -2.43. The molecule has 0 amide bonds. The summed E-state index contributed by atoms with van der Waals surface area (Å²) in [7, 11) is -4.77. The molecule has 0 bridgehead atoms. The molecule has 3 rings (SSSR count). The molecule has 0 aliphatic heterocycles. The van der Waals surface area contributed by atoms with Crippen LogP contribution in [0.2, 0.25) is 23.2 Å². The Labute approximate surface area is 249 Å². The van der Waals surface area contributed by atoms with E-state index in [9.17, 15) is 9.90 Å². The third-order valence-corrected chi connectivity index (χ3v) is 18.1.